The Morgan fingerprint density at radius 3 is 2.53 bits per heavy atom. The van der Waals surface area contributed by atoms with Crippen LogP contribution < -0.4 is 10.2 Å². The number of likely N-dealkylation sites (N-methyl/N-ethyl adjacent to an activating group) is 1. The minimum atomic E-state index is -1.16. The number of aryl methyl sites for hydroxylation is 2. The molecule has 1 aliphatic rings. The van der Waals surface area contributed by atoms with Gasteiger partial charge in [0.05, 0.1) is 21.3 Å². The van der Waals surface area contributed by atoms with Gasteiger partial charge in [0, 0.05) is 53.3 Å². The number of hydrogen-bond acceptors (Lipinski definition) is 7. The molecule has 0 spiro atoms. The maximum absolute atomic E-state index is 12.7. The summed E-state index contributed by atoms with van der Waals surface area (Å²) in [7, 11) is 3.99. The second-order valence-corrected chi connectivity index (χ2v) is 13.6. The lowest BCUT2D eigenvalue weighted by molar-refractivity contribution is -0.160. The predicted molar refractivity (Wildman–Crippen MR) is 175 cm³/mol. The highest BCUT2D eigenvalue weighted by molar-refractivity contribution is 7.22. The summed E-state index contributed by atoms with van der Waals surface area (Å²) in [6.07, 6.45) is -0.0748. The van der Waals surface area contributed by atoms with E-state index in [1.165, 1.54) is 0 Å². The van der Waals surface area contributed by atoms with Crippen LogP contribution in [0.5, 0.6) is 0 Å². The molecule has 1 saturated heterocycles. The van der Waals surface area contributed by atoms with Crippen molar-refractivity contribution >= 4 is 55.8 Å². The van der Waals surface area contributed by atoms with E-state index in [-0.39, 0.29) is 0 Å². The molecule has 1 unspecified atom stereocenters. The molecule has 2 aromatic heterocycles. The number of benzene rings is 3. The SMILES string of the molecule is CNC1CCN(c2nn(C)c3ccc(-c4nc5cc(C)c([C@H](OC(C)(C)C)C(=O)O)c(-c6ccc(Cl)cc6)c5s4)cc23)C1. The van der Waals surface area contributed by atoms with Crippen molar-refractivity contribution in [2.24, 2.45) is 7.05 Å². The minimum absolute atomic E-state index is 0.449. The standard InChI is InChI=1S/C33H36ClN5O3S/c1-18-15-24-29(27(19-7-10-21(34)11-8-19)26(18)28(32(40)41)42-33(2,3)4)43-31(36-24)20-9-12-25-23(16-20)30(37-38(25)6)39-14-13-22(17-39)35-5/h7-12,15-16,22,28,35H,13-14,17H2,1-6H3,(H,40,41)/t22?,28-/m0/s1. The fraction of sp³-hybridized carbons (Fsp3) is 0.364. The van der Waals surface area contributed by atoms with Gasteiger partial charge in [-0.1, -0.05) is 23.7 Å². The highest BCUT2D eigenvalue weighted by Crippen LogP contribution is 2.45. The van der Waals surface area contributed by atoms with Gasteiger partial charge in [0.25, 0.3) is 0 Å². The number of halogens is 1. The highest BCUT2D eigenvalue weighted by atomic mass is 35.5. The summed E-state index contributed by atoms with van der Waals surface area (Å²) < 4.78 is 9.01. The Hall–Kier alpha value is -3.50. The summed E-state index contributed by atoms with van der Waals surface area (Å²) in [4.78, 5) is 20.1. The van der Waals surface area contributed by atoms with Crippen molar-refractivity contribution in [1.29, 1.82) is 0 Å². The van der Waals surface area contributed by atoms with E-state index in [9.17, 15) is 9.90 Å². The molecular weight excluding hydrogens is 582 g/mol. The highest BCUT2D eigenvalue weighted by Gasteiger charge is 2.32. The molecule has 2 N–H and O–H groups in total. The van der Waals surface area contributed by atoms with Crippen LogP contribution in [0, 0.1) is 6.92 Å². The van der Waals surface area contributed by atoms with E-state index in [0.29, 0.717) is 16.6 Å². The fourth-order valence-electron chi connectivity index (χ4n) is 5.96. The van der Waals surface area contributed by atoms with E-state index >= 15 is 0 Å². The molecule has 0 aliphatic carbocycles. The number of nitrogens with zero attached hydrogens (tertiary/aromatic N) is 4. The van der Waals surface area contributed by atoms with Crippen molar-refractivity contribution < 1.29 is 14.6 Å². The Balaban J connectivity index is 1.54. The van der Waals surface area contributed by atoms with E-state index < -0.39 is 17.7 Å². The van der Waals surface area contributed by atoms with Crippen LogP contribution in [0.1, 0.15) is 44.4 Å². The van der Waals surface area contributed by atoms with Crippen LogP contribution in [-0.2, 0) is 16.6 Å². The molecule has 43 heavy (non-hydrogen) atoms. The summed E-state index contributed by atoms with van der Waals surface area (Å²) in [6, 6.07) is 16.3. The van der Waals surface area contributed by atoms with Crippen molar-refractivity contribution in [2.75, 3.05) is 25.0 Å². The number of rotatable bonds is 7. The zero-order valence-corrected chi connectivity index (χ0v) is 26.8. The van der Waals surface area contributed by atoms with Gasteiger partial charge in [-0.05, 0) is 88.7 Å². The van der Waals surface area contributed by atoms with Gasteiger partial charge in [0.15, 0.2) is 11.9 Å². The zero-order valence-electron chi connectivity index (χ0n) is 25.2. The smallest absolute Gasteiger partial charge is 0.337 e. The monoisotopic (exact) mass is 617 g/mol. The molecule has 2 atom stereocenters. The first kappa shape index (κ1) is 29.6. The van der Waals surface area contributed by atoms with Gasteiger partial charge in [0.2, 0.25) is 0 Å². The molecule has 0 bridgehead atoms. The second-order valence-electron chi connectivity index (χ2n) is 12.2. The van der Waals surface area contributed by atoms with E-state index in [4.69, 9.17) is 26.4 Å². The molecule has 0 saturated carbocycles. The first-order valence-electron chi connectivity index (χ1n) is 14.4. The third-order valence-corrected chi connectivity index (χ3v) is 9.38. The minimum Gasteiger partial charge on any atom is -0.479 e. The van der Waals surface area contributed by atoms with Crippen LogP contribution in [-0.4, -0.2) is 57.6 Å². The topological polar surface area (TPSA) is 92.5 Å². The van der Waals surface area contributed by atoms with E-state index in [2.05, 4.69) is 28.4 Å². The second kappa shape index (κ2) is 11.2. The number of anilines is 1. The Morgan fingerprint density at radius 2 is 1.88 bits per heavy atom. The van der Waals surface area contributed by atoms with Gasteiger partial charge in [-0.3, -0.25) is 4.68 Å². The molecule has 6 rings (SSSR count). The summed E-state index contributed by atoms with van der Waals surface area (Å²) in [6.45, 7) is 9.41. The Morgan fingerprint density at radius 1 is 1.16 bits per heavy atom. The van der Waals surface area contributed by atoms with Crippen molar-refractivity contribution in [3.05, 3.63) is 64.7 Å². The van der Waals surface area contributed by atoms with Crippen LogP contribution in [0.15, 0.2) is 48.5 Å². The molecule has 1 fully saturated rings. The average molecular weight is 618 g/mol. The number of carboxylic acid groups (broad SMARTS) is 1. The number of nitrogens with one attached hydrogen (secondary N) is 1. The Kier molecular flexibility index (Phi) is 7.71. The predicted octanol–water partition coefficient (Wildman–Crippen LogP) is 7.22. The zero-order chi connectivity index (χ0) is 30.6. The summed E-state index contributed by atoms with van der Waals surface area (Å²) >= 11 is 7.82. The number of carbonyl (C=O) groups is 1. The molecular formula is C33H36ClN5O3S. The lowest BCUT2D eigenvalue weighted by Gasteiger charge is -2.28. The number of thiazole rings is 1. The quantitative estimate of drug-likeness (QED) is 0.199. The van der Waals surface area contributed by atoms with Gasteiger partial charge in [-0.25, -0.2) is 9.78 Å². The van der Waals surface area contributed by atoms with Crippen molar-refractivity contribution in [3.63, 3.8) is 0 Å². The van der Waals surface area contributed by atoms with Crippen LogP contribution in [0.3, 0.4) is 0 Å². The summed E-state index contributed by atoms with van der Waals surface area (Å²) in [5, 5.41) is 21.2. The number of ether oxygens (including phenoxy) is 1. The van der Waals surface area contributed by atoms with Gasteiger partial charge in [0.1, 0.15) is 5.01 Å². The normalized spacial score (nSPS) is 16.4. The third kappa shape index (κ3) is 5.62. The van der Waals surface area contributed by atoms with E-state index in [0.717, 1.165) is 73.7 Å². The van der Waals surface area contributed by atoms with Crippen molar-refractivity contribution in [3.8, 4) is 21.7 Å². The van der Waals surface area contributed by atoms with Crippen LogP contribution in [0.2, 0.25) is 5.02 Å². The maximum Gasteiger partial charge on any atom is 0.337 e. The van der Waals surface area contributed by atoms with Gasteiger partial charge >= 0.3 is 5.97 Å². The number of carboxylic acids is 1. The molecule has 10 heteroatoms. The molecule has 8 nitrogen and oxygen atoms in total. The number of hydrogen-bond donors (Lipinski definition) is 2. The third-order valence-electron chi connectivity index (χ3n) is 7.99. The molecule has 0 amide bonds. The molecule has 3 heterocycles. The number of fused-ring (bicyclic) bond motifs is 2. The Bertz CT molecular complexity index is 1840. The molecule has 3 aromatic carbocycles. The molecule has 224 valence electrons. The van der Waals surface area contributed by atoms with Crippen molar-refractivity contribution in [2.45, 2.75) is 51.9 Å². The van der Waals surface area contributed by atoms with Crippen LogP contribution >= 0.6 is 22.9 Å². The van der Waals surface area contributed by atoms with Crippen molar-refractivity contribution in [1.82, 2.24) is 20.1 Å². The van der Waals surface area contributed by atoms with E-state index in [1.54, 1.807) is 11.3 Å². The maximum atomic E-state index is 12.7. The molecule has 1 aliphatic heterocycles. The van der Waals surface area contributed by atoms with Gasteiger partial charge in [-0.2, -0.15) is 5.10 Å². The molecule has 0 radical (unpaired) electrons. The fourth-order valence-corrected chi connectivity index (χ4v) is 7.21. The van der Waals surface area contributed by atoms with Gasteiger partial charge in [-0.15, -0.1) is 11.3 Å². The molecule has 5 aromatic rings. The Labute approximate surface area is 260 Å². The lowest BCUT2D eigenvalue weighted by Crippen LogP contribution is -2.29. The first-order valence-corrected chi connectivity index (χ1v) is 15.6. The summed E-state index contributed by atoms with van der Waals surface area (Å²) in [5.74, 6) is -0.0452. The average Bonchev–Trinajstić information content (AvgIpc) is 3.68. The number of aliphatic carboxylic acids is 1. The van der Waals surface area contributed by atoms with Gasteiger partial charge < -0.3 is 20.1 Å². The first-order chi connectivity index (χ1) is 20.4. The van der Waals surface area contributed by atoms with Crippen LogP contribution in [0.25, 0.3) is 42.8 Å². The van der Waals surface area contributed by atoms with E-state index in [1.807, 2.05) is 76.8 Å². The summed E-state index contributed by atoms with van der Waals surface area (Å²) in [5.41, 5.74) is 5.32. The van der Waals surface area contributed by atoms with Crippen LogP contribution in [0.4, 0.5) is 5.82 Å². The largest absolute Gasteiger partial charge is 0.479 e. The lowest BCUT2D eigenvalue weighted by atomic mass is 9.91. The number of aromatic nitrogens is 3.